The summed E-state index contributed by atoms with van der Waals surface area (Å²) in [7, 11) is 4.30. The van der Waals surface area contributed by atoms with Gasteiger partial charge in [-0.3, -0.25) is 9.59 Å². The molecule has 1 amide bonds. The summed E-state index contributed by atoms with van der Waals surface area (Å²) in [5, 5.41) is 3.42. The summed E-state index contributed by atoms with van der Waals surface area (Å²) >= 11 is 6.48. The minimum absolute atomic E-state index is 0.112. The van der Waals surface area contributed by atoms with Crippen molar-refractivity contribution in [2.45, 2.75) is 72.0 Å². The van der Waals surface area contributed by atoms with E-state index in [2.05, 4.69) is 36.1 Å². The topological polar surface area (TPSA) is 65.8 Å². The molecule has 2 aromatic rings. The van der Waals surface area contributed by atoms with Crippen molar-refractivity contribution in [3.05, 3.63) is 61.7 Å². The minimum atomic E-state index is -0.247. The highest BCUT2D eigenvalue weighted by molar-refractivity contribution is 6.31. The molecule has 180 valence electrons. The van der Waals surface area contributed by atoms with Gasteiger partial charge in [-0.15, -0.1) is 0 Å². The number of amides is 1. The second kappa shape index (κ2) is 10.7. The zero-order valence-corrected chi connectivity index (χ0v) is 21.4. The molecule has 7 heteroatoms. The number of nitrogens with one attached hydrogen (secondary N) is 1. The number of aryl methyl sites for hydroxylation is 2. The first-order chi connectivity index (χ1) is 15.6. The smallest absolute Gasteiger partial charge is 0.251 e. The lowest BCUT2D eigenvalue weighted by atomic mass is 9.89. The first-order valence-electron chi connectivity index (χ1n) is 11.7. The van der Waals surface area contributed by atoms with Crippen molar-refractivity contribution in [1.29, 1.82) is 0 Å². The summed E-state index contributed by atoms with van der Waals surface area (Å²) in [6.45, 7) is 8.56. The average Bonchev–Trinajstić information content (AvgIpc) is 2.75. The Morgan fingerprint density at radius 2 is 1.73 bits per heavy atom. The first-order valence-corrected chi connectivity index (χ1v) is 12.1. The summed E-state index contributed by atoms with van der Waals surface area (Å²) in [5.74, 6) is 0.833. The molecule has 1 N–H and O–H groups in total. The molecule has 1 aromatic heterocycles. The van der Waals surface area contributed by atoms with Crippen molar-refractivity contribution in [3.63, 3.8) is 0 Å². The van der Waals surface area contributed by atoms with E-state index < -0.39 is 0 Å². The first kappa shape index (κ1) is 25.3. The predicted molar refractivity (Wildman–Crippen MR) is 135 cm³/mol. The van der Waals surface area contributed by atoms with Crippen molar-refractivity contribution in [2.75, 3.05) is 25.5 Å². The van der Waals surface area contributed by atoms with Crippen LogP contribution in [0.25, 0.3) is 0 Å². The standard InChI is InChI=1S/C26H36ClN3O3/c1-7-30(21-10-8-20(9-11-21)29(5)6)24-14-19(27)13-22(17(24)3)26(32)28-15-23-18(4)33-16(2)12-25(23)31/h12-14,20-21H,7-11,15H2,1-6H3,(H,28,32)/t20-,21-. The minimum Gasteiger partial charge on any atom is -0.466 e. The molecule has 1 fully saturated rings. The van der Waals surface area contributed by atoms with Crippen LogP contribution in [0, 0.1) is 20.8 Å². The molecule has 0 aliphatic heterocycles. The maximum atomic E-state index is 13.1. The molecule has 0 unspecified atom stereocenters. The second-order valence-corrected chi connectivity index (χ2v) is 9.68. The molecule has 1 aliphatic rings. The van der Waals surface area contributed by atoms with Crippen LogP contribution in [0.5, 0.6) is 0 Å². The molecular weight excluding hydrogens is 438 g/mol. The SMILES string of the molecule is CCN(c1cc(Cl)cc(C(=O)NCc2c(C)oc(C)cc2=O)c1C)[C@H]1CC[C@H](N(C)C)CC1. The number of halogens is 1. The van der Waals surface area contributed by atoms with Crippen LogP contribution >= 0.6 is 11.6 Å². The zero-order chi connectivity index (χ0) is 24.3. The predicted octanol–water partition coefficient (Wildman–Crippen LogP) is 4.85. The number of benzene rings is 1. The highest BCUT2D eigenvalue weighted by Gasteiger charge is 2.28. The van der Waals surface area contributed by atoms with Crippen LogP contribution in [0.1, 0.15) is 65.6 Å². The van der Waals surface area contributed by atoms with Crippen molar-refractivity contribution in [2.24, 2.45) is 0 Å². The average molecular weight is 474 g/mol. The van der Waals surface area contributed by atoms with Gasteiger partial charge < -0.3 is 19.5 Å². The summed E-state index contributed by atoms with van der Waals surface area (Å²) in [4.78, 5) is 30.1. The molecule has 0 radical (unpaired) electrons. The number of carbonyl (C=O) groups excluding carboxylic acids is 1. The molecule has 33 heavy (non-hydrogen) atoms. The van der Waals surface area contributed by atoms with Crippen LogP contribution in [0.3, 0.4) is 0 Å². The van der Waals surface area contributed by atoms with Crippen molar-refractivity contribution < 1.29 is 9.21 Å². The lowest BCUT2D eigenvalue weighted by Crippen LogP contribution is -2.42. The molecular formula is C26H36ClN3O3. The lowest BCUT2D eigenvalue weighted by Gasteiger charge is -2.40. The van der Waals surface area contributed by atoms with E-state index in [4.69, 9.17) is 16.0 Å². The van der Waals surface area contributed by atoms with Gasteiger partial charge in [-0.2, -0.15) is 0 Å². The van der Waals surface area contributed by atoms with E-state index in [1.807, 2.05) is 13.0 Å². The van der Waals surface area contributed by atoms with E-state index in [0.29, 0.717) is 39.8 Å². The molecule has 1 heterocycles. The van der Waals surface area contributed by atoms with Crippen molar-refractivity contribution in [3.8, 4) is 0 Å². The number of hydrogen-bond donors (Lipinski definition) is 1. The lowest BCUT2D eigenvalue weighted by molar-refractivity contribution is 0.0950. The highest BCUT2D eigenvalue weighted by Crippen LogP contribution is 2.34. The second-order valence-electron chi connectivity index (χ2n) is 9.25. The quantitative estimate of drug-likeness (QED) is 0.622. The Balaban J connectivity index is 1.81. The van der Waals surface area contributed by atoms with Crippen LogP contribution in [-0.2, 0) is 6.54 Å². The van der Waals surface area contributed by atoms with Gasteiger partial charge in [0.05, 0.1) is 12.1 Å². The van der Waals surface area contributed by atoms with E-state index >= 15 is 0 Å². The fourth-order valence-electron chi connectivity index (χ4n) is 4.96. The monoisotopic (exact) mass is 473 g/mol. The number of hydrogen-bond acceptors (Lipinski definition) is 5. The third-order valence-corrected chi connectivity index (χ3v) is 7.09. The third kappa shape index (κ3) is 5.79. The van der Waals surface area contributed by atoms with Gasteiger partial charge in [-0.25, -0.2) is 0 Å². The van der Waals surface area contributed by atoms with Gasteiger partial charge in [0.1, 0.15) is 11.5 Å². The van der Waals surface area contributed by atoms with Crippen LogP contribution in [0.15, 0.2) is 27.4 Å². The fraction of sp³-hybridized carbons (Fsp3) is 0.538. The Morgan fingerprint density at radius 3 is 2.30 bits per heavy atom. The maximum absolute atomic E-state index is 13.1. The largest absolute Gasteiger partial charge is 0.466 e. The maximum Gasteiger partial charge on any atom is 0.251 e. The van der Waals surface area contributed by atoms with Gasteiger partial charge in [0.2, 0.25) is 0 Å². The molecule has 6 nitrogen and oxygen atoms in total. The van der Waals surface area contributed by atoms with E-state index in [1.54, 1.807) is 19.9 Å². The van der Waals surface area contributed by atoms with Crippen LogP contribution in [-0.4, -0.2) is 43.5 Å². The highest BCUT2D eigenvalue weighted by atomic mass is 35.5. The van der Waals surface area contributed by atoms with E-state index in [-0.39, 0.29) is 17.9 Å². The van der Waals surface area contributed by atoms with Crippen LogP contribution < -0.4 is 15.6 Å². The summed E-state index contributed by atoms with van der Waals surface area (Å²) in [6.07, 6.45) is 4.57. The summed E-state index contributed by atoms with van der Waals surface area (Å²) in [5.41, 5.74) is 2.77. The van der Waals surface area contributed by atoms with Gasteiger partial charge in [0.15, 0.2) is 5.43 Å². The van der Waals surface area contributed by atoms with Gasteiger partial charge in [-0.05, 0) is 85.2 Å². The normalized spacial score (nSPS) is 18.4. The molecule has 3 rings (SSSR count). The Morgan fingerprint density at radius 1 is 1.09 bits per heavy atom. The van der Waals surface area contributed by atoms with E-state index in [0.717, 1.165) is 30.6 Å². The molecule has 1 aliphatic carbocycles. The summed E-state index contributed by atoms with van der Waals surface area (Å²) < 4.78 is 5.54. The number of carbonyl (C=O) groups is 1. The van der Waals surface area contributed by atoms with Gasteiger partial charge in [-0.1, -0.05) is 11.6 Å². The molecule has 1 saturated carbocycles. The Labute approximate surface area is 201 Å². The van der Waals surface area contributed by atoms with E-state index in [9.17, 15) is 9.59 Å². The molecule has 0 atom stereocenters. The van der Waals surface area contributed by atoms with Gasteiger partial charge in [0.25, 0.3) is 5.91 Å². The Bertz CT molecular complexity index is 1060. The molecule has 0 bridgehead atoms. The molecule has 0 saturated heterocycles. The molecule has 1 aromatic carbocycles. The Hall–Kier alpha value is -2.31. The number of anilines is 1. The van der Waals surface area contributed by atoms with Gasteiger partial charge in [0, 0.05) is 41.0 Å². The Kier molecular flexibility index (Phi) is 8.24. The van der Waals surface area contributed by atoms with Crippen LogP contribution in [0.4, 0.5) is 5.69 Å². The number of rotatable bonds is 7. The fourth-order valence-corrected chi connectivity index (χ4v) is 5.18. The van der Waals surface area contributed by atoms with Crippen molar-refractivity contribution >= 4 is 23.2 Å². The van der Waals surface area contributed by atoms with Gasteiger partial charge >= 0.3 is 0 Å². The van der Waals surface area contributed by atoms with Crippen molar-refractivity contribution in [1.82, 2.24) is 10.2 Å². The van der Waals surface area contributed by atoms with Crippen LogP contribution in [0.2, 0.25) is 5.02 Å². The van der Waals surface area contributed by atoms with E-state index in [1.165, 1.54) is 18.9 Å². The zero-order valence-electron chi connectivity index (χ0n) is 20.6. The third-order valence-electron chi connectivity index (χ3n) is 6.87. The molecule has 0 spiro atoms. The number of nitrogens with zero attached hydrogens (tertiary/aromatic N) is 2. The summed E-state index contributed by atoms with van der Waals surface area (Å²) in [6, 6.07) is 6.18.